The number of anilines is 2. The first-order chi connectivity index (χ1) is 9.63. The van der Waals surface area contributed by atoms with Crippen molar-refractivity contribution in [2.75, 3.05) is 23.3 Å². The van der Waals surface area contributed by atoms with Gasteiger partial charge in [0.05, 0.1) is 12.2 Å². The zero-order valence-electron chi connectivity index (χ0n) is 12.1. The van der Waals surface area contributed by atoms with E-state index >= 15 is 0 Å². The van der Waals surface area contributed by atoms with E-state index in [9.17, 15) is 4.39 Å². The predicted octanol–water partition coefficient (Wildman–Crippen LogP) is 4.05. The van der Waals surface area contributed by atoms with Gasteiger partial charge in [0.25, 0.3) is 0 Å². The molecule has 0 aliphatic heterocycles. The topological polar surface area (TPSA) is 28.2 Å². The van der Waals surface area contributed by atoms with Crippen molar-refractivity contribution < 1.29 is 4.39 Å². The van der Waals surface area contributed by atoms with E-state index in [1.165, 1.54) is 6.07 Å². The van der Waals surface area contributed by atoms with Crippen LogP contribution in [0.25, 0.3) is 0 Å². The van der Waals surface area contributed by atoms with Gasteiger partial charge in [-0.2, -0.15) is 0 Å². The lowest BCUT2D eigenvalue weighted by atomic mass is 10.2. The highest BCUT2D eigenvalue weighted by Gasteiger charge is 2.08. The van der Waals surface area contributed by atoms with Crippen LogP contribution in [0.4, 0.5) is 15.2 Å². The first kappa shape index (κ1) is 14.8. The molecule has 2 rings (SSSR count). The van der Waals surface area contributed by atoms with Gasteiger partial charge in [-0.1, -0.05) is 6.07 Å². The van der Waals surface area contributed by atoms with Crippen LogP contribution in [0.3, 0.4) is 0 Å². The molecule has 3 nitrogen and oxygen atoms in total. The van der Waals surface area contributed by atoms with Gasteiger partial charge < -0.3 is 10.2 Å². The Morgan fingerprint density at radius 2 is 2.05 bits per heavy atom. The molecule has 1 N–H and O–H groups in total. The monoisotopic (exact) mass is 293 g/mol. The molecule has 0 fully saturated rings. The molecule has 5 heteroatoms. The summed E-state index contributed by atoms with van der Waals surface area (Å²) in [5.41, 5.74) is 1.59. The first-order valence-corrected chi connectivity index (χ1v) is 7.65. The van der Waals surface area contributed by atoms with Crippen LogP contribution in [0, 0.1) is 12.7 Å². The highest BCUT2D eigenvalue weighted by molar-refractivity contribution is 7.15. The smallest absolute Gasteiger partial charge is 0.185 e. The Kier molecular flexibility index (Phi) is 4.95. The Morgan fingerprint density at radius 1 is 1.30 bits per heavy atom. The average Bonchev–Trinajstić information content (AvgIpc) is 2.90. The van der Waals surface area contributed by atoms with Gasteiger partial charge in [0.15, 0.2) is 5.13 Å². The molecule has 0 radical (unpaired) electrons. The highest BCUT2D eigenvalue weighted by Crippen LogP contribution is 2.24. The number of halogens is 1. The van der Waals surface area contributed by atoms with E-state index < -0.39 is 0 Å². The van der Waals surface area contributed by atoms with Crippen LogP contribution >= 0.6 is 11.3 Å². The van der Waals surface area contributed by atoms with Crippen LogP contribution in [-0.2, 0) is 6.54 Å². The van der Waals surface area contributed by atoms with Gasteiger partial charge >= 0.3 is 0 Å². The second-order valence-corrected chi connectivity index (χ2v) is 5.71. The Hall–Kier alpha value is -1.62. The number of rotatable bonds is 6. The largest absolute Gasteiger partial charge is 0.378 e. The summed E-state index contributed by atoms with van der Waals surface area (Å²) in [6.45, 7) is 8.68. The third-order valence-electron chi connectivity index (χ3n) is 3.15. The van der Waals surface area contributed by atoms with Crippen molar-refractivity contribution in [1.82, 2.24) is 4.98 Å². The molecule has 0 saturated carbocycles. The number of hydrogen-bond acceptors (Lipinski definition) is 4. The molecule has 0 aliphatic rings. The molecular weight excluding hydrogens is 273 g/mol. The van der Waals surface area contributed by atoms with Crippen LogP contribution in [0.2, 0.25) is 0 Å². The zero-order chi connectivity index (χ0) is 14.5. The summed E-state index contributed by atoms with van der Waals surface area (Å²) in [6.07, 6.45) is 1.86. The van der Waals surface area contributed by atoms with Crippen molar-refractivity contribution in [2.45, 2.75) is 27.3 Å². The lowest BCUT2D eigenvalue weighted by Gasteiger charge is -2.16. The van der Waals surface area contributed by atoms with E-state index in [1.807, 2.05) is 19.2 Å². The second-order valence-electron chi connectivity index (χ2n) is 4.62. The summed E-state index contributed by atoms with van der Waals surface area (Å²) in [7, 11) is 0. The number of thiazole rings is 1. The number of nitrogens with zero attached hydrogens (tertiary/aromatic N) is 2. The van der Waals surface area contributed by atoms with Crippen LogP contribution in [0.5, 0.6) is 0 Å². The molecule has 1 heterocycles. The van der Waals surface area contributed by atoms with Gasteiger partial charge in [-0.25, -0.2) is 9.37 Å². The summed E-state index contributed by atoms with van der Waals surface area (Å²) in [5, 5.41) is 4.16. The van der Waals surface area contributed by atoms with E-state index in [-0.39, 0.29) is 5.82 Å². The van der Waals surface area contributed by atoms with E-state index in [2.05, 4.69) is 29.0 Å². The fourth-order valence-electron chi connectivity index (χ4n) is 1.98. The molecule has 0 amide bonds. The minimum absolute atomic E-state index is 0.218. The molecule has 0 unspecified atom stereocenters. The summed E-state index contributed by atoms with van der Waals surface area (Å²) in [6, 6.07) is 5.08. The van der Waals surface area contributed by atoms with Gasteiger partial charge in [0.1, 0.15) is 5.82 Å². The van der Waals surface area contributed by atoms with E-state index in [4.69, 9.17) is 0 Å². The minimum atomic E-state index is -0.218. The summed E-state index contributed by atoms with van der Waals surface area (Å²) >= 11 is 1.65. The molecule has 1 aromatic heterocycles. The Bertz CT molecular complexity index is 564. The Labute approximate surface area is 123 Å². The maximum Gasteiger partial charge on any atom is 0.185 e. The zero-order valence-corrected chi connectivity index (χ0v) is 12.9. The van der Waals surface area contributed by atoms with Crippen molar-refractivity contribution in [2.24, 2.45) is 0 Å². The quantitative estimate of drug-likeness (QED) is 0.871. The number of aromatic nitrogens is 1. The molecule has 0 saturated heterocycles. The molecule has 2 aromatic rings. The van der Waals surface area contributed by atoms with Crippen LogP contribution in [0.15, 0.2) is 24.4 Å². The third kappa shape index (κ3) is 3.48. The number of benzene rings is 1. The van der Waals surface area contributed by atoms with E-state index in [0.717, 1.165) is 28.7 Å². The predicted molar refractivity (Wildman–Crippen MR) is 84.1 cm³/mol. The second kappa shape index (κ2) is 6.70. The maximum atomic E-state index is 13.6. The molecule has 20 heavy (non-hydrogen) atoms. The normalized spacial score (nSPS) is 10.6. The van der Waals surface area contributed by atoms with Gasteiger partial charge in [-0.05, 0) is 38.5 Å². The standard InChI is InChI=1S/C15H20FN3S/c1-4-19(5-2)15-18-10-12(20-15)9-17-14-8-11(3)6-7-13(14)16/h6-8,10,17H,4-5,9H2,1-3H3. The van der Waals surface area contributed by atoms with Crippen molar-refractivity contribution in [3.05, 3.63) is 40.7 Å². The summed E-state index contributed by atoms with van der Waals surface area (Å²) in [5.74, 6) is -0.218. The lowest BCUT2D eigenvalue weighted by molar-refractivity contribution is 0.630. The van der Waals surface area contributed by atoms with E-state index in [0.29, 0.717) is 12.2 Å². The Balaban J connectivity index is 2.02. The summed E-state index contributed by atoms with van der Waals surface area (Å²) in [4.78, 5) is 7.74. The maximum absolute atomic E-state index is 13.6. The van der Waals surface area contributed by atoms with Crippen molar-refractivity contribution >= 4 is 22.2 Å². The number of nitrogens with one attached hydrogen (secondary N) is 1. The van der Waals surface area contributed by atoms with Crippen molar-refractivity contribution in [3.63, 3.8) is 0 Å². The average molecular weight is 293 g/mol. The van der Waals surface area contributed by atoms with Crippen LogP contribution in [0.1, 0.15) is 24.3 Å². The van der Waals surface area contributed by atoms with Gasteiger partial charge in [-0.3, -0.25) is 0 Å². The lowest BCUT2D eigenvalue weighted by Crippen LogP contribution is -2.21. The van der Waals surface area contributed by atoms with Gasteiger partial charge in [0, 0.05) is 24.2 Å². The van der Waals surface area contributed by atoms with Crippen molar-refractivity contribution in [3.8, 4) is 0 Å². The molecule has 0 atom stereocenters. The van der Waals surface area contributed by atoms with E-state index in [1.54, 1.807) is 17.4 Å². The van der Waals surface area contributed by atoms with Crippen molar-refractivity contribution in [1.29, 1.82) is 0 Å². The molecule has 0 aliphatic carbocycles. The number of aryl methyl sites for hydroxylation is 1. The van der Waals surface area contributed by atoms with Gasteiger partial charge in [-0.15, -0.1) is 11.3 Å². The first-order valence-electron chi connectivity index (χ1n) is 6.83. The molecule has 0 bridgehead atoms. The minimum Gasteiger partial charge on any atom is -0.378 e. The SMILES string of the molecule is CCN(CC)c1ncc(CNc2cc(C)ccc2F)s1. The molecular formula is C15H20FN3S. The fraction of sp³-hybridized carbons (Fsp3) is 0.400. The Morgan fingerprint density at radius 3 is 2.75 bits per heavy atom. The molecule has 108 valence electrons. The highest BCUT2D eigenvalue weighted by atomic mass is 32.1. The van der Waals surface area contributed by atoms with Crippen LogP contribution in [-0.4, -0.2) is 18.1 Å². The third-order valence-corrected chi connectivity index (χ3v) is 4.21. The van der Waals surface area contributed by atoms with Crippen LogP contribution < -0.4 is 10.2 Å². The fourth-order valence-corrected chi connectivity index (χ4v) is 2.95. The molecule has 0 spiro atoms. The number of hydrogen-bond donors (Lipinski definition) is 1. The van der Waals surface area contributed by atoms with Gasteiger partial charge in [0.2, 0.25) is 0 Å². The summed E-state index contributed by atoms with van der Waals surface area (Å²) < 4.78 is 13.6. The molecule has 1 aromatic carbocycles.